The lowest BCUT2D eigenvalue weighted by Gasteiger charge is -2.36. The molecule has 0 radical (unpaired) electrons. The normalized spacial score (nSPS) is 26.1. The largest absolute Gasteiger partial charge is 0.372 e. The van der Waals surface area contributed by atoms with Crippen LogP contribution in [-0.4, -0.2) is 30.3 Å². The second-order valence-corrected chi connectivity index (χ2v) is 5.12. The summed E-state index contributed by atoms with van der Waals surface area (Å²) in [5.41, 5.74) is 8.10. The van der Waals surface area contributed by atoms with Gasteiger partial charge in [0.15, 0.2) is 0 Å². The van der Waals surface area contributed by atoms with Crippen molar-refractivity contribution >= 4 is 5.69 Å². The summed E-state index contributed by atoms with van der Waals surface area (Å²) in [5, 5.41) is 0. The number of nitrogens with two attached hydrogens (primary N) is 1. The zero-order valence-corrected chi connectivity index (χ0v) is 11.5. The SMILES string of the molecule is CC[C@@H](N)c1ccc(N2CC(C)OC(C)C2)cn1. The summed E-state index contributed by atoms with van der Waals surface area (Å²) in [6.45, 7) is 8.14. The van der Waals surface area contributed by atoms with Gasteiger partial charge in [0.25, 0.3) is 0 Å². The van der Waals surface area contributed by atoms with E-state index in [0.29, 0.717) is 0 Å². The highest BCUT2D eigenvalue weighted by Crippen LogP contribution is 2.21. The molecule has 3 atom stereocenters. The van der Waals surface area contributed by atoms with Gasteiger partial charge in [-0.15, -0.1) is 0 Å². The molecule has 0 aromatic carbocycles. The summed E-state index contributed by atoms with van der Waals surface area (Å²) in [6, 6.07) is 4.19. The minimum absolute atomic E-state index is 0.0431. The first-order chi connectivity index (χ1) is 8.60. The molecule has 4 nitrogen and oxygen atoms in total. The van der Waals surface area contributed by atoms with E-state index in [0.717, 1.165) is 30.9 Å². The van der Waals surface area contributed by atoms with E-state index in [-0.39, 0.29) is 18.2 Å². The van der Waals surface area contributed by atoms with Gasteiger partial charge in [0.1, 0.15) is 0 Å². The van der Waals surface area contributed by atoms with E-state index in [9.17, 15) is 0 Å². The summed E-state index contributed by atoms with van der Waals surface area (Å²) >= 11 is 0. The highest BCUT2D eigenvalue weighted by molar-refractivity contribution is 5.45. The second kappa shape index (κ2) is 5.67. The van der Waals surface area contributed by atoms with E-state index in [1.165, 1.54) is 0 Å². The van der Waals surface area contributed by atoms with Crippen LogP contribution in [0.4, 0.5) is 5.69 Å². The standard InChI is InChI=1S/C14H23N3O/c1-4-13(15)14-6-5-12(7-16-14)17-8-10(2)18-11(3)9-17/h5-7,10-11,13H,4,8-9,15H2,1-3H3/t10?,11?,13-/m1/s1. The van der Waals surface area contributed by atoms with Crippen LogP contribution in [0.5, 0.6) is 0 Å². The maximum Gasteiger partial charge on any atom is 0.0726 e. The van der Waals surface area contributed by atoms with Gasteiger partial charge in [-0.25, -0.2) is 0 Å². The molecular weight excluding hydrogens is 226 g/mol. The molecule has 1 aromatic heterocycles. The minimum atomic E-state index is 0.0431. The molecule has 2 unspecified atom stereocenters. The predicted molar refractivity (Wildman–Crippen MR) is 73.7 cm³/mol. The molecule has 2 heterocycles. The van der Waals surface area contributed by atoms with Crippen molar-refractivity contribution in [3.8, 4) is 0 Å². The van der Waals surface area contributed by atoms with Crippen molar-refractivity contribution in [3.05, 3.63) is 24.0 Å². The maximum absolute atomic E-state index is 5.97. The first-order valence-electron chi connectivity index (χ1n) is 6.72. The third-order valence-electron chi connectivity index (χ3n) is 3.38. The van der Waals surface area contributed by atoms with Gasteiger partial charge < -0.3 is 15.4 Å². The summed E-state index contributed by atoms with van der Waals surface area (Å²) in [6.07, 6.45) is 3.38. The number of hydrogen-bond donors (Lipinski definition) is 1. The quantitative estimate of drug-likeness (QED) is 0.891. The third kappa shape index (κ3) is 3.00. The van der Waals surface area contributed by atoms with E-state index < -0.39 is 0 Å². The number of hydrogen-bond acceptors (Lipinski definition) is 4. The molecule has 1 saturated heterocycles. The molecule has 2 rings (SSSR count). The van der Waals surface area contributed by atoms with Crippen LogP contribution in [0.15, 0.2) is 18.3 Å². The fraction of sp³-hybridized carbons (Fsp3) is 0.643. The molecule has 100 valence electrons. The molecule has 0 spiro atoms. The van der Waals surface area contributed by atoms with Crippen LogP contribution in [0.3, 0.4) is 0 Å². The fourth-order valence-corrected chi connectivity index (χ4v) is 2.40. The van der Waals surface area contributed by atoms with Crippen molar-refractivity contribution in [2.45, 2.75) is 45.4 Å². The Labute approximate surface area is 109 Å². The molecule has 1 aromatic rings. The molecule has 0 aliphatic carbocycles. The topological polar surface area (TPSA) is 51.4 Å². The summed E-state index contributed by atoms with van der Waals surface area (Å²) in [5.74, 6) is 0. The van der Waals surface area contributed by atoms with Gasteiger partial charge in [-0.05, 0) is 32.4 Å². The number of pyridine rings is 1. The zero-order chi connectivity index (χ0) is 13.1. The molecule has 0 amide bonds. The van der Waals surface area contributed by atoms with Gasteiger partial charge in [0.2, 0.25) is 0 Å². The predicted octanol–water partition coefficient (Wildman–Crippen LogP) is 2.10. The number of morpholine rings is 1. The van der Waals surface area contributed by atoms with E-state index >= 15 is 0 Å². The maximum atomic E-state index is 5.97. The van der Waals surface area contributed by atoms with Crippen LogP contribution in [0.1, 0.15) is 38.9 Å². The Balaban J connectivity index is 2.09. The molecule has 1 aliphatic rings. The van der Waals surface area contributed by atoms with Gasteiger partial charge in [-0.1, -0.05) is 6.92 Å². The molecule has 0 bridgehead atoms. The minimum Gasteiger partial charge on any atom is -0.372 e. The van der Waals surface area contributed by atoms with Crippen molar-refractivity contribution in [1.29, 1.82) is 0 Å². The molecule has 1 aliphatic heterocycles. The van der Waals surface area contributed by atoms with E-state index in [1.54, 1.807) is 0 Å². The molecule has 4 heteroatoms. The highest BCUT2D eigenvalue weighted by atomic mass is 16.5. The van der Waals surface area contributed by atoms with Crippen LogP contribution >= 0.6 is 0 Å². The van der Waals surface area contributed by atoms with Crippen LogP contribution in [0, 0.1) is 0 Å². The van der Waals surface area contributed by atoms with Gasteiger partial charge in [0, 0.05) is 19.1 Å². The Morgan fingerprint density at radius 1 is 1.39 bits per heavy atom. The van der Waals surface area contributed by atoms with Gasteiger partial charge >= 0.3 is 0 Å². The lowest BCUT2D eigenvalue weighted by atomic mass is 10.1. The average molecular weight is 249 g/mol. The average Bonchev–Trinajstić information content (AvgIpc) is 2.37. The van der Waals surface area contributed by atoms with Gasteiger partial charge in [0.05, 0.1) is 29.8 Å². The van der Waals surface area contributed by atoms with Gasteiger partial charge in [-0.2, -0.15) is 0 Å². The smallest absolute Gasteiger partial charge is 0.0726 e. The van der Waals surface area contributed by atoms with Crippen LogP contribution in [-0.2, 0) is 4.74 Å². The fourth-order valence-electron chi connectivity index (χ4n) is 2.40. The Morgan fingerprint density at radius 2 is 2.06 bits per heavy atom. The number of nitrogens with zero attached hydrogens (tertiary/aromatic N) is 2. The van der Waals surface area contributed by atoms with Crippen LogP contribution in [0.2, 0.25) is 0 Å². The summed E-state index contributed by atoms with van der Waals surface area (Å²) in [7, 11) is 0. The van der Waals surface area contributed by atoms with Crippen molar-refractivity contribution in [2.24, 2.45) is 5.73 Å². The van der Waals surface area contributed by atoms with Crippen molar-refractivity contribution in [1.82, 2.24) is 4.98 Å². The second-order valence-electron chi connectivity index (χ2n) is 5.12. The van der Waals surface area contributed by atoms with E-state index in [4.69, 9.17) is 10.5 Å². The lowest BCUT2D eigenvalue weighted by Crippen LogP contribution is -2.45. The third-order valence-corrected chi connectivity index (χ3v) is 3.38. The summed E-state index contributed by atoms with van der Waals surface area (Å²) < 4.78 is 5.74. The van der Waals surface area contributed by atoms with Crippen molar-refractivity contribution in [3.63, 3.8) is 0 Å². The van der Waals surface area contributed by atoms with Crippen LogP contribution < -0.4 is 10.6 Å². The van der Waals surface area contributed by atoms with E-state index in [1.807, 2.05) is 12.3 Å². The Hall–Kier alpha value is -1.13. The molecule has 0 saturated carbocycles. The molecule has 18 heavy (non-hydrogen) atoms. The van der Waals surface area contributed by atoms with Crippen LogP contribution in [0.25, 0.3) is 0 Å². The number of ether oxygens (including phenoxy) is 1. The Bertz CT molecular complexity index is 369. The molecular formula is C14H23N3O. The number of anilines is 1. The molecule has 2 N–H and O–H groups in total. The number of rotatable bonds is 3. The number of aromatic nitrogens is 1. The first-order valence-corrected chi connectivity index (χ1v) is 6.72. The molecule has 1 fully saturated rings. The van der Waals surface area contributed by atoms with Crippen molar-refractivity contribution < 1.29 is 4.74 Å². The lowest BCUT2D eigenvalue weighted by molar-refractivity contribution is -0.00523. The highest BCUT2D eigenvalue weighted by Gasteiger charge is 2.22. The zero-order valence-electron chi connectivity index (χ0n) is 11.5. The van der Waals surface area contributed by atoms with E-state index in [2.05, 4.69) is 36.7 Å². The van der Waals surface area contributed by atoms with Crippen molar-refractivity contribution in [2.75, 3.05) is 18.0 Å². The Morgan fingerprint density at radius 3 is 2.56 bits per heavy atom. The van der Waals surface area contributed by atoms with Gasteiger partial charge in [-0.3, -0.25) is 4.98 Å². The Kier molecular flexibility index (Phi) is 4.19. The summed E-state index contributed by atoms with van der Waals surface area (Å²) in [4.78, 5) is 6.79. The monoisotopic (exact) mass is 249 g/mol. The first kappa shape index (κ1) is 13.3.